The van der Waals surface area contributed by atoms with E-state index in [1.165, 1.54) is 17.7 Å². The predicted molar refractivity (Wildman–Crippen MR) is 78.6 cm³/mol. The van der Waals surface area contributed by atoms with E-state index in [0.29, 0.717) is 0 Å². The van der Waals surface area contributed by atoms with Gasteiger partial charge in [0.05, 0.1) is 11.3 Å². The summed E-state index contributed by atoms with van der Waals surface area (Å²) in [7, 11) is 1.65. The summed E-state index contributed by atoms with van der Waals surface area (Å²) in [5.74, 6) is -1.53. The lowest BCUT2D eigenvalue weighted by Gasteiger charge is -2.08. The largest absolute Gasteiger partial charge is 0.421 e. The lowest BCUT2D eigenvalue weighted by Crippen LogP contribution is -2.15. The van der Waals surface area contributed by atoms with Crippen LogP contribution in [0.3, 0.4) is 0 Å². The van der Waals surface area contributed by atoms with Gasteiger partial charge in [0.2, 0.25) is 0 Å². The predicted octanol–water partition coefficient (Wildman–Crippen LogP) is 2.93. The van der Waals surface area contributed by atoms with E-state index in [-0.39, 0.29) is 22.8 Å². The van der Waals surface area contributed by atoms with Crippen molar-refractivity contribution in [1.29, 1.82) is 0 Å². The standard InChI is InChI=1S/C16H17FN2O3/c1-4-5-12-9-14(19(3)18-12)16(21)22-15-7-6-11(17)8-13(15)10(2)20/h6-9H,4-5H2,1-3H3. The number of Topliss-reactive ketones (excluding diaryl/α,β-unsaturated/α-hetero) is 1. The highest BCUT2D eigenvalue weighted by Crippen LogP contribution is 2.21. The number of esters is 1. The molecule has 1 aromatic heterocycles. The summed E-state index contributed by atoms with van der Waals surface area (Å²) in [5, 5.41) is 4.22. The third-order valence-electron chi connectivity index (χ3n) is 3.17. The van der Waals surface area contributed by atoms with E-state index in [2.05, 4.69) is 5.10 Å². The molecule has 0 amide bonds. The van der Waals surface area contributed by atoms with Gasteiger partial charge < -0.3 is 4.74 Å². The fourth-order valence-corrected chi connectivity index (χ4v) is 2.11. The third kappa shape index (κ3) is 3.39. The highest BCUT2D eigenvalue weighted by Gasteiger charge is 2.18. The molecule has 2 aromatic rings. The molecule has 22 heavy (non-hydrogen) atoms. The molecule has 0 fully saturated rings. The molecule has 0 spiro atoms. The van der Waals surface area contributed by atoms with Gasteiger partial charge in [-0.1, -0.05) is 13.3 Å². The highest BCUT2D eigenvalue weighted by atomic mass is 19.1. The number of halogens is 1. The van der Waals surface area contributed by atoms with Gasteiger partial charge in [0, 0.05) is 7.05 Å². The summed E-state index contributed by atoms with van der Waals surface area (Å²) in [5.41, 5.74) is 1.11. The Balaban J connectivity index is 2.27. The molecule has 0 unspecified atom stereocenters. The van der Waals surface area contributed by atoms with Gasteiger partial charge in [-0.25, -0.2) is 9.18 Å². The van der Waals surface area contributed by atoms with Crippen LogP contribution in [-0.4, -0.2) is 21.5 Å². The first-order valence-corrected chi connectivity index (χ1v) is 6.98. The van der Waals surface area contributed by atoms with Crippen molar-refractivity contribution in [3.05, 3.63) is 47.0 Å². The van der Waals surface area contributed by atoms with Gasteiger partial charge in [-0.3, -0.25) is 9.48 Å². The van der Waals surface area contributed by atoms with Crippen LogP contribution < -0.4 is 4.74 Å². The minimum Gasteiger partial charge on any atom is -0.421 e. The molecule has 6 heteroatoms. The lowest BCUT2D eigenvalue weighted by atomic mass is 10.1. The van der Waals surface area contributed by atoms with Crippen molar-refractivity contribution < 1.29 is 18.7 Å². The zero-order valence-electron chi connectivity index (χ0n) is 12.7. The van der Waals surface area contributed by atoms with E-state index < -0.39 is 11.8 Å². The van der Waals surface area contributed by atoms with Crippen LogP contribution in [0.1, 0.15) is 46.8 Å². The van der Waals surface area contributed by atoms with E-state index in [9.17, 15) is 14.0 Å². The Morgan fingerprint density at radius 3 is 2.68 bits per heavy atom. The van der Waals surface area contributed by atoms with Crippen molar-refractivity contribution >= 4 is 11.8 Å². The molecule has 0 radical (unpaired) electrons. The van der Waals surface area contributed by atoms with Gasteiger partial charge in [-0.2, -0.15) is 5.10 Å². The van der Waals surface area contributed by atoms with Crippen LogP contribution in [0.5, 0.6) is 5.75 Å². The Kier molecular flexibility index (Phi) is 4.70. The van der Waals surface area contributed by atoms with E-state index in [0.717, 1.165) is 30.7 Å². The number of ketones is 1. The number of aryl methyl sites for hydroxylation is 2. The average molecular weight is 304 g/mol. The van der Waals surface area contributed by atoms with E-state index >= 15 is 0 Å². The van der Waals surface area contributed by atoms with Gasteiger partial charge >= 0.3 is 5.97 Å². The third-order valence-corrected chi connectivity index (χ3v) is 3.17. The number of carbonyl (C=O) groups excluding carboxylic acids is 2. The highest BCUT2D eigenvalue weighted by molar-refractivity contribution is 5.98. The minimum atomic E-state index is -0.633. The molecule has 0 bridgehead atoms. The molecule has 0 aliphatic rings. The van der Waals surface area contributed by atoms with E-state index in [4.69, 9.17) is 4.74 Å². The molecule has 116 valence electrons. The molecule has 0 atom stereocenters. The molecule has 1 heterocycles. The number of nitrogens with zero attached hydrogens (tertiary/aromatic N) is 2. The molecular formula is C16H17FN2O3. The normalized spacial score (nSPS) is 10.5. The van der Waals surface area contributed by atoms with Gasteiger partial charge in [0.25, 0.3) is 0 Å². The number of hydrogen-bond donors (Lipinski definition) is 0. The van der Waals surface area contributed by atoms with Crippen molar-refractivity contribution in [2.75, 3.05) is 0 Å². The SMILES string of the molecule is CCCc1cc(C(=O)Oc2ccc(F)cc2C(C)=O)n(C)n1. The van der Waals surface area contributed by atoms with Crippen molar-refractivity contribution in [2.45, 2.75) is 26.7 Å². The first kappa shape index (κ1) is 15.9. The number of rotatable bonds is 5. The first-order valence-electron chi connectivity index (χ1n) is 6.98. The van der Waals surface area contributed by atoms with Crippen molar-refractivity contribution in [3.8, 4) is 5.75 Å². The summed E-state index contributed by atoms with van der Waals surface area (Å²) >= 11 is 0. The molecule has 0 aliphatic carbocycles. The molecule has 0 saturated carbocycles. The maximum absolute atomic E-state index is 13.2. The van der Waals surface area contributed by atoms with Gasteiger partial charge in [0.15, 0.2) is 5.78 Å². The Bertz CT molecular complexity index is 722. The van der Waals surface area contributed by atoms with Gasteiger partial charge in [0.1, 0.15) is 17.3 Å². The Morgan fingerprint density at radius 1 is 1.32 bits per heavy atom. The number of hydrogen-bond acceptors (Lipinski definition) is 4. The van der Waals surface area contributed by atoms with Crippen molar-refractivity contribution in [3.63, 3.8) is 0 Å². The van der Waals surface area contributed by atoms with Crippen LogP contribution in [0.15, 0.2) is 24.3 Å². The maximum atomic E-state index is 13.2. The summed E-state index contributed by atoms with van der Waals surface area (Å²) in [4.78, 5) is 23.7. The second-order valence-corrected chi connectivity index (χ2v) is 4.98. The second-order valence-electron chi connectivity index (χ2n) is 4.98. The monoisotopic (exact) mass is 304 g/mol. The fraction of sp³-hybridized carbons (Fsp3) is 0.312. The Hall–Kier alpha value is -2.50. The van der Waals surface area contributed by atoms with Crippen LogP contribution in [0.2, 0.25) is 0 Å². The fourth-order valence-electron chi connectivity index (χ4n) is 2.11. The Labute approximate surface area is 127 Å². The molecule has 1 aromatic carbocycles. The van der Waals surface area contributed by atoms with Gasteiger partial charge in [-0.05, 0) is 37.6 Å². The zero-order chi connectivity index (χ0) is 16.3. The first-order chi connectivity index (χ1) is 10.4. The number of carbonyl (C=O) groups is 2. The summed E-state index contributed by atoms with van der Waals surface area (Å²) < 4.78 is 19.9. The van der Waals surface area contributed by atoms with Crippen LogP contribution in [0.4, 0.5) is 4.39 Å². The van der Waals surface area contributed by atoms with Crippen LogP contribution in [0, 0.1) is 5.82 Å². The Morgan fingerprint density at radius 2 is 2.05 bits per heavy atom. The molecule has 5 nitrogen and oxygen atoms in total. The number of benzene rings is 1. The van der Waals surface area contributed by atoms with Crippen LogP contribution in [0.25, 0.3) is 0 Å². The maximum Gasteiger partial charge on any atom is 0.362 e. The molecule has 0 aliphatic heterocycles. The lowest BCUT2D eigenvalue weighted by molar-refractivity contribution is 0.0721. The van der Waals surface area contributed by atoms with Gasteiger partial charge in [-0.15, -0.1) is 0 Å². The summed E-state index contributed by atoms with van der Waals surface area (Å²) in [6.45, 7) is 3.31. The second kappa shape index (κ2) is 6.51. The smallest absolute Gasteiger partial charge is 0.362 e. The van der Waals surface area contributed by atoms with Crippen molar-refractivity contribution in [1.82, 2.24) is 9.78 Å². The van der Waals surface area contributed by atoms with Crippen molar-refractivity contribution in [2.24, 2.45) is 7.05 Å². The summed E-state index contributed by atoms with van der Waals surface area (Å²) in [6, 6.07) is 5.12. The zero-order valence-corrected chi connectivity index (χ0v) is 12.7. The average Bonchev–Trinajstić information content (AvgIpc) is 2.82. The quantitative estimate of drug-likeness (QED) is 0.484. The molecule has 2 rings (SSSR count). The molecular weight excluding hydrogens is 287 g/mol. The molecule has 0 saturated heterocycles. The van der Waals surface area contributed by atoms with Crippen LogP contribution in [-0.2, 0) is 13.5 Å². The molecule has 0 N–H and O–H groups in total. The topological polar surface area (TPSA) is 61.2 Å². The number of ether oxygens (including phenoxy) is 1. The summed E-state index contributed by atoms with van der Waals surface area (Å²) in [6.07, 6.45) is 1.67. The van der Waals surface area contributed by atoms with Crippen LogP contribution >= 0.6 is 0 Å². The number of aromatic nitrogens is 2. The van der Waals surface area contributed by atoms with E-state index in [1.807, 2.05) is 6.92 Å². The minimum absolute atomic E-state index is 0.0318. The van der Waals surface area contributed by atoms with E-state index in [1.54, 1.807) is 13.1 Å².